The summed E-state index contributed by atoms with van der Waals surface area (Å²) in [5, 5.41) is 2.78. The Bertz CT molecular complexity index is 1070. The first-order valence-electron chi connectivity index (χ1n) is 10.8. The van der Waals surface area contributed by atoms with E-state index in [9.17, 15) is 18.0 Å². The zero-order chi connectivity index (χ0) is 24.6. The van der Waals surface area contributed by atoms with Gasteiger partial charge in [-0.3, -0.25) is 13.9 Å². The van der Waals surface area contributed by atoms with Crippen molar-refractivity contribution in [3.63, 3.8) is 0 Å². The van der Waals surface area contributed by atoms with Gasteiger partial charge in [0.1, 0.15) is 18.3 Å². The number of benzene rings is 2. The van der Waals surface area contributed by atoms with Gasteiger partial charge in [0.05, 0.1) is 19.1 Å². The van der Waals surface area contributed by atoms with Crippen LogP contribution in [0, 0.1) is 6.92 Å². The van der Waals surface area contributed by atoms with Crippen LogP contribution in [0.15, 0.2) is 48.5 Å². The summed E-state index contributed by atoms with van der Waals surface area (Å²) < 4.78 is 31.4. The molecule has 9 heteroatoms. The molecular weight excluding hydrogens is 442 g/mol. The number of hydrogen-bond acceptors (Lipinski definition) is 5. The van der Waals surface area contributed by atoms with E-state index in [4.69, 9.17) is 4.74 Å². The van der Waals surface area contributed by atoms with Crippen LogP contribution in [0.3, 0.4) is 0 Å². The number of sulfonamides is 1. The van der Waals surface area contributed by atoms with Gasteiger partial charge in [0.2, 0.25) is 21.8 Å². The molecule has 1 atom stereocenters. The molecule has 0 bridgehead atoms. The number of rotatable bonds is 11. The van der Waals surface area contributed by atoms with Crippen LogP contribution in [0.2, 0.25) is 0 Å². The predicted octanol–water partition coefficient (Wildman–Crippen LogP) is 2.71. The standard InChI is InChI=1S/C24H33N3O5S/c1-6-22(24(29)25-7-2)26(16-19-11-8-10-18(3)14-19)23(28)17-27(33(5,30)31)20-12-9-13-21(15-20)32-4/h8-15,22H,6-7,16-17H2,1-5H3,(H,25,29)/t22-/m0/s1. The highest BCUT2D eigenvalue weighted by atomic mass is 32.2. The number of nitrogens with zero attached hydrogens (tertiary/aromatic N) is 2. The van der Waals surface area contributed by atoms with Gasteiger partial charge in [-0.2, -0.15) is 0 Å². The summed E-state index contributed by atoms with van der Waals surface area (Å²) in [4.78, 5) is 27.8. The summed E-state index contributed by atoms with van der Waals surface area (Å²) in [6.07, 6.45) is 1.44. The second-order valence-electron chi connectivity index (χ2n) is 7.80. The normalized spacial score (nSPS) is 12.0. The molecule has 0 aromatic heterocycles. The highest BCUT2D eigenvalue weighted by Gasteiger charge is 2.31. The molecule has 2 aromatic rings. The lowest BCUT2D eigenvalue weighted by atomic mass is 10.1. The number of ether oxygens (including phenoxy) is 1. The third-order valence-corrected chi connectivity index (χ3v) is 6.33. The van der Waals surface area contributed by atoms with Gasteiger partial charge < -0.3 is 15.0 Å². The summed E-state index contributed by atoms with van der Waals surface area (Å²) in [7, 11) is -2.30. The van der Waals surface area contributed by atoms with Gasteiger partial charge in [0, 0.05) is 19.2 Å². The summed E-state index contributed by atoms with van der Waals surface area (Å²) in [6, 6.07) is 13.4. The Morgan fingerprint density at radius 2 is 1.79 bits per heavy atom. The van der Waals surface area contributed by atoms with E-state index in [0.717, 1.165) is 21.7 Å². The number of hydrogen-bond donors (Lipinski definition) is 1. The summed E-state index contributed by atoms with van der Waals surface area (Å²) in [5.74, 6) is -0.268. The monoisotopic (exact) mass is 475 g/mol. The number of likely N-dealkylation sites (N-methyl/N-ethyl adjacent to an activating group) is 1. The fourth-order valence-corrected chi connectivity index (χ4v) is 4.44. The molecule has 0 aliphatic rings. The van der Waals surface area contributed by atoms with E-state index in [1.54, 1.807) is 24.3 Å². The molecule has 0 radical (unpaired) electrons. The minimum atomic E-state index is -3.78. The third-order valence-electron chi connectivity index (χ3n) is 5.19. The van der Waals surface area contributed by atoms with Gasteiger partial charge in [0.15, 0.2) is 0 Å². The SMILES string of the molecule is CCNC(=O)[C@H](CC)N(Cc1cccc(C)c1)C(=O)CN(c1cccc(OC)c1)S(C)(=O)=O. The first-order chi connectivity index (χ1) is 15.6. The molecule has 33 heavy (non-hydrogen) atoms. The van der Waals surface area contributed by atoms with E-state index in [2.05, 4.69) is 5.32 Å². The van der Waals surface area contributed by atoms with Crippen LogP contribution < -0.4 is 14.4 Å². The minimum absolute atomic E-state index is 0.186. The Balaban J connectivity index is 2.44. The topological polar surface area (TPSA) is 96.0 Å². The van der Waals surface area contributed by atoms with E-state index in [1.807, 2.05) is 45.0 Å². The molecule has 0 heterocycles. The van der Waals surface area contributed by atoms with E-state index in [1.165, 1.54) is 12.0 Å². The second-order valence-corrected chi connectivity index (χ2v) is 9.71. The van der Waals surface area contributed by atoms with Crippen molar-refractivity contribution in [2.45, 2.75) is 39.8 Å². The Morgan fingerprint density at radius 3 is 2.36 bits per heavy atom. The highest BCUT2D eigenvalue weighted by molar-refractivity contribution is 7.92. The Labute approximate surface area is 196 Å². The molecule has 2 aromatic carbocycles. The zero-order valence-corrected chi connectivity index (χ0v) is 20.7. The van der Waals surface area contributed by atoms with Crippen LogP contribution >= 0.6 is 0 Å². The Morgan fingerprint density at radius 1 is 1.09 bits per heavy atom. The van der Waals surface area contributed by atoms with E-state index >= 15 is 0 Å². The maximum Gasteiger partial charge on any atom is 0.244 e. The van der Waals surface area contributed by atoms with Crippen molar-refractivity contribution >= 4 is 27.5 Å². The molecule has 0 aliphatic heterocycles. The molecule has 1 N–H and O–H groups in total. The van der Waals surface area contributed by atoms with Gasteiger partial charge in [-0.1, -0.05) is 42.8 Å². The average Bonchev–Trinajstić information content (AvgIpc) is 2.76. The lowest BCUT2D eigenvalue weighted by molar-refractivity contribution is -0.140. The maximum atomic E-state index is 13.5. The zero-order valence-electron chi connectivity index (χ0n) is 19.9. The first kappa shape index (κ1) is 26.2. The van der Waals surface area contributed by atoms with E-state index < -0.39 is 28.5 Å². The van der Waals surface area contributed by atoms with Crippen LogP contribution in [-0.4, -0.2) is 57.6 Å². The van der Waals surface area contributed by atoms with Crippen LogP contribution in [0.4, 0.5) is 5.69 Å². The maximum absolute atomic E-state index is 13.5. The lowest BCUT2D eigenvalue weighted by Crippen LogP contribution is -2.52. The van der Waals surface area contributed by atoms with E-state index in [-0.39, 0.29) is 12.5 Å². The van der Waals surface area contributed by atoms with Crippen LogP contribution in [0.5, 0.6) is 5.75 Å². The largest absolute Gasteiger partial charge is 0.497 e. The molecular formula is C24H33N3O5S. The van der Waals surface area contributed by atoms with Crippen LogP contribution in [0.25, 0.3) is 0 Å². The van der Waals surface area contributed by atoms with Crippen molar-refractivity contribution in [1.29, 1.82) is 0 Å². The molecule has 0 fully saturated rings. The van der Waals surface area contributed by atoms with Gasteiger partial charge in [0.25, 0.3) is 0 Å². The van der Waals surface area contributed by atoms with Gasteiger partial charge in [-0.05, 0) is 38.0 Å². The Hall–Kier alpha value is -3.07. The van der Waals surface area contributed by atoms with Crippen LogP contribution in [-0.2, 0) is 26.2 Å². The van der Waals surface area contributed by atoms with E-state index in [0.29, 0.717) is 24.4 Å². The summed E-state index contributed by atoms with van der Waals surface area (Å²) in [6.45, 7) is 5.77. The quantitative estimate of drug-likeness (QED) is 0.539. The van der Waals surface area contributed by atoms with Crippen molar-refractivity contribution in [3.8, 4) is 5.75 Å². The lowest BCUT2D eigenvalue weighted by Gasteiger charge is -2.33. The molecule has 2 rings (SSSR count). The smallest absolute Gasteiger partial charge is 0.244 e. The fraction of sp³-hybridized carbons (Fsp3) is 0.417. The Kier molecular flexibility index (Phi) is 9.28. The minimum Gasteiger partial charge on any atom is -0.497 e. The van der Waals surface area contributed by atoms with Crippen LogP contribution in [0.1, 0.15) is 31.4 Å². The molecule has 2 amide bonds. The molecule has 0 spiro atoms. The second kappa shape index (κ2) is 11.7. The number of amides is 2. The molecule has 180 valence electrons. The number of methoxy groups -OCH3 is 1. The third kappa shape index (κ3) is 7.21. The predicted molar refractivity (Wildman–Crippen MR) is 130 cm³/mol. The fourth-order valence-electron chi connectivity index (χ4n) is 3.60. The van der Waals surface area contributed by atoms with Gasteiger partial charge >= 0.3 is 0 Å². The van der Waals surface area contributed by atoms with Crippen molar-refractivity contribution in [1.82, 2.24) is 10.2 Å². The first-order valence-corrected chi connectivity index (χ1v) is 12.7. The molecule has 0 saturated heterocycles. The number of carbonyl (C=O) groups excluding carboxylic acids is 2. The van der Waals surface area contributed by atoms with Gasteiger partial charge in [-0.25, -0.2) is 8.42 Å². The summed E-state index contributed by atoms with van der Waals surface area (Å²) in [5.41, 5.74) is 2.20. The highest BCUT2D eigenvalue weighted by Crippen LogP contribution is 2.24. The van der Waals surface area contributed by atoms with Crippen molar-refractivity contribution < 1.29 is 22.7 Å². The van der Waals surface area contributed by atoms with Gasteiger partial charge in [-0.15, -0.1) is 0 Å². The number of aryl methyl sites for hydroxylation is 1. The number of nitrogens with one attached hydrogen (secondary N) is 1. The molecule has 0 saturated carbocycles. The van der Waals surface area contributed by atoms with Crippen molar-refractivity contribution in [2.24, 2.45) is 0 Å². The molecule has 0 aliphatic carbocycles. The number of carbonyl (C=O) groups is 2. The summed E-state index contributed by atoms with van der Waals surface area (Å²) >= 11 is 0. The van der Waals surface area contributed by atoms with Crippen molar-refractivity contribution in [3.05, 3.63) is 59.7 Å². The number of anilines is 1. The molecule has 0 unspecified atom stereocenters. The average molecular weight is 476 g/mol. The molecule has 8 nitrogen and oxygen atoms in total. The van der Waals surface area contributed by atoms with Crippen molar-refractivity contribution in [2.75, 3.05) is 30.8 Å².